The van der Waals surface area contributed by atoms with E-state index in [1.54, 1.807) is 0 Å². The van der Waals surface area contributed by atoms with E-state index in [1.165, 1.54) is 0 Å². The highest BCUT2D eigenvalue weighted by atomic mass is 19.4. The van der Waals surface area contributed by atoms with Crippen molar-refractivity contribution < 1.29 is 40.7 Å². The van der Waals surface area contributed by atoms with Crippen LogP contribution in [-0.4, -0.2) is 61.5 Å². The SMILES string of the molecule is O=C1CCC(NC(=O)C2CCC(C(F)(F)F)CC2OC2CCC(C(F)(F)F)NC2)CN1. The van der Waals surface area contributed by atoms with Gasteiger partial charge < -0.3 is 20.7 Å². The molecule has 0 radical (unpaired) electrons. The number of hydrogen-bond donors (Lipinski definition) is 3. The number of nitrogens with one attached hydrogen (secondary N) is 3. The van der Waals surface area contributed by atoms with Gasteiger partial charge in [0.15, 0.2) is 0 Å². The van der Waals surface area contributed by atoms with E-state index in [0.29, 0.717) is 6.42 Å². The summed E-state index contributed by atoms with van der Waals surface area (Å²) >= 11 is 0. The highest BCUT2D eigenvalue weighted by Gasteiger charge is 2.48. The predicted molar refractivity (Wildman–Crippen MR) is 96.8 cm³/mol. The smallest absolute Gasteiger partial charge is 0.373 e. The van der Waals surface area contributed by atoms with Crippen molar-refractivity contribution in [2.24, 2.45) is 11.8 Å². The molecule has 0 aromatic heterocycles. The molecule has 0 spiro atoms. The Morgan fingerprint density at radius 3 is 2.26 bits per heavy atom. The Kier molecular flexibility index (Phi) is 7.39. The van der Waals surface area contributed by atoms with E-state index in [9.17, 15) is 35.9 Å². The fourth-order valence-electron chi connectivity index (χ4n) is 4.51. The lowest BCUT2D eigenvalue weighted by Gasteiger charge is -2.40. The molecule has 178 valence electrons. The summed E-state index contributed by atoms with van der Waals surface area (Å²) in [6.45, 7) is 0.111. The quantitative estimate of drug-likeness (QED) is 0.565. The van der Waals surface area contributed by atoms with Crippen LogP contribution in [0.15, 0.2) is 0 Å². The fourth-order valence-corrected chi connectivity index (χ4v) is 4.51. The van der Waals surface area contributed by atoms with Crippen LogP contribution in [0.1, 0.15) is 44.9 Å². The molecule has 1 aliphatic carbocycles. The van der Waals surface area contributed by atoms with E-state index in [4.69, 9.17) is 4.74 Å². The van der Waals surface area contributed by atoms with Gasteiger partial charge >= 0.3 is 12.4 Å². The number of piperidine rings is 2. The lowest BCUT2D eigenvalue weighted by atomic mass is 9.78. The molecule has 0 bridgehead atoms. The van der Waals surface area contributed by atoms with E-state index in [1.807, 2.05) is 0 Å². The number of carbonyl (C=O) groups is 2. The van der Waals surface area contributed by atoms with Crippen LogP contribution in [0, 0.1) is 11.8 Å². The second kappa shape index (κ2) is 9.51. The average Bonchev–Trinajstić information content (AvgIpc) is 2.68. The highest BCUT2D eigenvalue weighted by Crippen LogP contribution is 2.41. The van der Waals surface area contributed by atoms with Crippen molar-refractivity contribution in [2.75, 3.05) is 13.1 Å². The topological polar surface area (TPSA) is 79.5 Å². The van der Waals surface area contributed by atoms with Crippen LogP contribution in [0.5, 0.6) is 0 Å². The molecule has 1 saturated carbocycles. The van der Waals surface area contributed by atoms with Gasteiger partial charge in [0.25, 0.3) is 0 Å². The molecule has 2 heterocycles. The minimum atomic E-state index is -4.43. The van der Waals surface area contributed by atoms with Crippen LogP contribution >= 0.6 is 0 Å². The molecular formula is C19H27F6N3O3. The van der Waals surface area contributed by atoms with Crippen LogP contribution in [0.3, 0.4) is 0 Å². The van der Waals surface area contributed by atoms with Crippen molar-refractivity contribution in [3.8, 4) is 0 Å². The first kappa shape index (κ1) is 24.1. The van der Waals surface area contributed by atoms with Crippen molar-refractivity contribution in [2.45, 2.75) is 81.6 Å². The lowest BCUT2D eigenvalue weighted by molar-refractivity contribution is -0.205. The molecular weight excluding hydrogens is 432 g/mol. The van der Waals surface area contributed by atoms with Gasteiger partial charge in [0.1, 0.15) is 6.04 Å². The van der Waals surface area contributed by atoms with E-state index in [0.717, 1.165) is 0 Å². The number of rotatable bonds is 4. The van der Waals surface area contributed by atoms with Crippen LogP contribution < -0.4 is 16.0 Å². The van der Waals surface area contributed by atoms with Gasteiger partial charge in [0.05, 0.1) is 24.0 Å². The maximum atomic E-state index is 13.3. The van der Waals surface area contributed by atoms with Gasteiger partial charge in [-0.1, -0.05) is 0 Å². The molecule has 3 aliphatic rings. The van der Waals surface area contributed by atoms with Gasteiger partial charge in [0, 0.05) is 25.6 Å². The Morgan fingerprint density at radius 1 is 0.968 bits per heavy atom. The molecule has 3 rings (SSSR count). The normalized spacial score (nSPS) is 35.4. The summed E-state index contributed by atoms with van der Waals surface area (Å²) in [7, 11) is 0. The maximum absolute atomic E-state index is 13.3. The number of ether oxygens (including phenoxy) is 1. The average molecular weight is 459 g/mol. The zero-order chi connectivity index (χ0) is 22.8. The highest BCUT2D eigenvalue weighted by molar-refractivity contribution is 5.81. The zero-order valence-electron chi connectivity index (χ0n) is 16.8. The van der Waals surface area contributed by atoms with E-state index in [2.05, 4.69) is 16.0 Å². The maximum Gasteiger partial charge on any atom is 0.403 e. The van der Waals surface area contributed by atoms with Gasteiger partial charge in [-0.05, 0) is 38.5 Å². The Labute approximate surface area is 175 Å². The number of halogens is 6. The summed E-state index contributed by atoms with van der Waals surface area (Å²) in [6.07, 6.45) is -10.7. The summed E-state index contributed by atoms with van der Waals surface area (Å²) in [5.74, 6) is -3.00. The third-order valence-electron chi connectivity index (χ3n) is 6.33. The molecule has 12 heteroatoms. The van der Waals surface area contributed by atoms with Crippen molar-refractivity contribution in [1.82, 2.24) is 16.0 Å². The van der Waals surface area contributed by atoms with Gasteiger partial charge in [-0.25, -0.2) is 0 Å². The minimum absolute atomic E-state index is 0.0227. The summed E-state index contributed by atoms with van der Waals surface area (Å²) in [4.78, 5) is 24.0. The van der Waals surface area contributed by atoms with E-state index < -0.39 is 54.8 Å². The van der Waals surface area contributed by atoms with Crippen LogP contribution in [0.2, 0.25) is 0 Å². The monoisotopic (exact) mass is 459 g/mol. The fraction of sp³-hybridized carbons (Fsp3) is 0.895. The Hall–Kier alpha value is -1.56. The van der Waals surface area contributed by atoms with Gasteiger partial charge in [0.2, 0.25) is 11.8 Å². The molecule has 2 saturated heterocycles. The Morgan fingerprint density at radius 2 is 1.71 bits per heavy atom. The molecule has 2 aliphatic heterocycles. The lowest BCUT2D eigenvalue weighted by Crippen LogP contribution is -2.54. The standard InChI is InChI=1S/C19H27F6N3O3/c20-18(21,22)10-1-4-13(17(30)28-11-2-6-16(29)27-8-11)14(7-10)31-12-3-5-15(26-9-12)19(23,24)25/h10-15,26H,1-9H2,(H,27,29)(H,28,30). The van der Waals surface area contributed by atoms with Crippen molar-refractivity contribution in [1.29, 1.82) is 0 Å². The molecule has 0 aromatic carbocycles. The molecule has 3 N–H and O–H groups in total. The first-order valence-electron chi connectivity index (χ1n) is 10.5. The summed E-state index contributed by atoms with van der Waals surface area (Å²) in [6, 6.07) is -1.97. The van der Waals surface area contributed by atoms with Crippen LogP contribution in [0.4, 0.5) is 26.3 Å². The second-order valence-electron chi connectivity index (χ2n) is 8.58. The molecule has 6 nitrogen and oxygen atoms in total. The molecule has 6 atom stereocenters. The molecule has 3 fully saturated rings. The summed E-state index contributed by atoms with van der Waals surface area (Å²) in [5.41, 5.74) is 0. The number of amides is 2. The van der Waals surface area contributed by atoms with Crippen molar-refractivity contribution in [3.05, 3.63) is 0 Å². The first-order valence-corrected chi connectivity index (χ1v) is 10.5. The minimum Gasteiger partial charge on any atom is -0.373 e. The molecule has 6 unspecified atom stereocenters. The second-order valence-corrected chi connectivity index (χ2v) is 8.58. The largest absolute Gasteiger partial charge is 0.403 e. The van der Waals surface area contributed by atoms with E-state index >= 15 is 0 Å². The summed E-state index contributed by atoms with van der Waals surface area (Å²) < 4.78 is 84.1. The van der Waals surface area contributed by atoms with Crippen LogP contribution in [0.25, 0.3) is 0 Å². The third kappa shape index (κ3) is 6.47. The van der Waals surface area contributed by atoms with Crippen molar-refractivity contribution >= 4 is 11.8 Å². The van der Waals surface area contributed by atoms with Crippen molar-refractivity contribution in [3.63, 3.8) is 0 Å². The zero-order valence-corrected chi connectivity index (χ0v) is 16.8. The van der Waals surface area contributed by atoms with Gasteiger partial charge in [-0.15, -0.1) is 0 Å². The summed E-state index contributed by atoms with van der Waals surface area (Å²) in [5, 5.41) is 7.75. The number of carbonyl (C=O) groups excluding carboxylic acids is 2. The third-order valence-corrected chi connectivity index (χ3v) is 6.33. The van der Waals surface area contributed by atoms with Gasteiger partial charge in [-0.2, -0.15) is 26.3 Å². The van der Waals surface area contributed by atoms with Crippen LogP contribution in [-0.2, 0) is 14.3 Å². The van der Waals surface area contributed by atoms with Gasteiger partial charge in [-0.3, -0.25) is 9.59 Å². The predicted octanol–water partition coefficient (Wildman–Crippen LogP) is 2.43. The first-order chi connectivity index (χ1) is 14.4. The number of alkyl halides is 6. The number of hydrogen-bond acceptors (Lipinski definition) is 4. The molecule has 2 amide bonds. The molecule has 0 aromatic rings. The Bertz CT molecular complexity index is 639. The molecule has 31 heavy (non-hydrogen) atoms. The van der Waals surface area contributed by atoms with E-state index in [-0.39, 0.29) is 57.1 Å². The Balaban J connectivity index is 1.62.